The Morgan fingerprint density at radius 2 is 1.76 bits per heavy atom. The fraction of sp³-hybridized carbons (Fsp3) is 0.357. The number of nitrogens with one attached hydrogen (secondary N) is 4. The molecule has 1 aliphatic rings. The van der Waals surface area contributed by atoms with Gasteiger partial charge in [0.1, 0.15) is 5.41 Å². The first kappa shape index (κ1) is 27.4. The summed E-state index contributed by atoms with van der Waals surface area (Å²) in [5.74, 6) is -0.571. The Hall–Kier alpha value is -4.14. The number of hydrogen-bond donors (Lipinski definition) is 4. The first-order valence-corrected chi connectivity index (χ1v) is 12.3. The van der Waals surface area contributed by atoms with E-state index in [2.05, 4.69) is 33.5 Å². The van der Waals surface area contributed by atoms with Crippen LogP contribution < -0.4 is 21.5 Å². The van der Waals surface area contributed by atoms with Crippen LogP contribution in [-0.4, -0.2) is 28.6 Å². The summed E-state index contributed by atoms with van der Waals surface area (Å²) in [6.07, 6.45) is 4.25. The molecule has 0 aliphatic carbocycles. The Morgan fingerprint density at radius 3 is 2.35 bits per heavy atom. The molecule has 4 amide bonds. The van der Waals surface area contributed by atoms with Crippen LogP contribution in [0.1, 0.15) is 52.7 Å². The third-order valence-corrected chi connectivity index (χ3v) is 6.00. The van der Waals surface area contributed by atoms with E-state index in [9.17, 15) is 14.4 Å². The smallest absolute Gasteiger partial charge is 0.314 e. The Labute approximate surface area is 218 Å². The summed E-state index contributed by atoms with van der Waals surface area (Å²) in [5, 5.41) is 11.4. The number of hydrazone groups is 1. The maximum absolute atomic E-state index is 12.5. The van der Waals surface area contributed by atoms with E-state index in [1.54, 1.807) is 26.1 Å². The van der Waals surface area contributed by atoms with Gasteiger partial charge >= 0.3 is 6.03 Å². The molecule has 0 radical (unpaired) electrons. The molecule has 1 saturated heterocycles. The summed E-state index contributed by atoms with van der Waals surface area (Å²) >= 11 is 0. The molecule has 196 valence electrons. The number of carbonyl (C=O) groups is 3. The molecule has 2 aromatic rings. The van der Waals surface area contributed by atoms with Crippen molar-refractivity contribution in [3.63, 3.8) is 0 Å². The van der Waals surface area contributed by atoms with Gasteiger partial charge in [-0.15, -0.1) is 0 Å². The van der Waals surface area contributed by atoms with Crippen LogP contribution in [0.3, 0.4) is 0 Å². The van der Waals surface area contributed by atoms with Crippen molar-refractivity contribution in [3.05, 3.63) is 71.9 Å². The van der Waals surface area contributed by atoms with E-state index in [0.29, 0.717) is 11.4 Å². The summed E-state index contributed by atoms with van der Waals surface area (Å²) < 4.78 is 0. The maximum atomic E-state index is 12.5. The van der Waals surface area contributed by atoms with Crippen LogP contribution in [0.4, 0.5) is 16.2 Å². The molecule has 0 atom stereocenters. The van der Waals surface area contributed by atoms with Gasteiger partial charge in [0.25, 0.3) is 11.8 Å². The highest BCUT2D eigenvalue weighted by Gasteiger charge is 2.46. The lowest BCUT2D eigenvalue weighted by Gasteiger charge is -2.19. The van der Waals surface area contributed by atoms with Crippen molar-refractivity contribution in [1.29, 1.82) is 0 Å². The second kappa shape index (κ2) is 11.3. The Kier molecular flexibility index (Phi) is 8.37. The molecule has 1 aliphatic heterocycles. The summed E-state index contributed by atoms with van der Waals surface area (Å²) in [6, 6.07) is 14.8. The predicted molar refractivity (Wildman–Crippen MR) is 147 cm³/mol. The van der Waals surface area contributed by atoms with Crippen molar-refractivity contribution >= 4 is 34.9 Å². The van der Waals surface area contributed by atoms with Crippen molar-refractivity contribution in [2.24, 2.45) is 15.9 Å². The van der Waals surface area contributed by atoms with E-state index in [1.807, 2.05) is 69.3 Å². The molecule has 2 aromatic carbocycles. The largest absolute Gasteiger partial charge is 0.323 e. The normalized spacial score (nSPS) is 15.6. The minimum Gasteiger partial charge on any atom is -0.314 e. The first-order chi connectivity index (χ1) is 17.4. The van der Waals surface area contributed by atoms with Crippen LogP contribution in [0.5, 0.6) is 0 Å². The predicted octanol–water partition coefficient (Wildman–Crippen LogP) is 4.80. The maximum Gasteiger partial charge on any atom is 0.323 e. The number of benzene rings is 2. The topological polar surface area (TPSA) is 115 Å². The average Bonchev–Trinajstić information content (AvgIpc) is 3.03. The third kappa shape index (κ3) is 7.19. The van der Waals surface area contributed by atoms with Gasteiger partial charge in [0.05, 0.1) is 17.9 Å². The van der Waals surface area contributed by atoms with Gasteiger partial charge < -0.3 is 10.6 Å². The lowest BCUT2D eigenvalue weighted by atomic mass is 9.90. The molecule has 1 fully saturated rings. The van der Waals surface area contributed by atoms with E-state index < -0.39 is 5.41 Å². The SMILES string of the molecule is CCc1ccc(NC(=O)N/C=C/C(=N\Nc2cccc(CN3NC(=O)C(C)(C)C3=O)c2)C(C)(C)C)cc1. The van der Waals surface area contributed by atoms with Crippen molar-refractivity contribution < 1.29 is 14.4 Å². The molecule has 1 heterocycles. The number of amides is 4. The van der Waals surface area contributed by atoms with E-state index in [1.165, 1.54) is 10.6 Å². The van der Waals surface area contributed by atoms with Crippen LogP contribution in [0.25, 0.3) is 0 Å². The van der Waals surface area contributed by atoms with Crippen molar-refractivity contribution in [2.45, 2.75) is 54.5 Å². The molecule has 4 N–H and O–H groups in total. The van der Waals surface area contributed by atoms with E-state index in [4.69, 9.17) is 0 Å². The van der Waals surface area contributed by atoms with E-state index in [0.717, 1.165) is 17.7 Å². The van der Waals surface area contributed by atoms with Crippen molar-refractivity contribution in [3.8, 4) is 0 Å². The van der Waals surface area contributed by atoms with Crippen LogP contribution in [0.2, 0.25) is 0 Å². The van der Waals surface area contributed by atoms with Gasteiger partial charge in [0, 0.05) is 17.3 Å². The minimum absolute atomic E-state index is 0.249. The number of hydrazine groups is 1. The number of aryl methyl sites for hydroxylation is 1. The van der Waals surface area contributed by atoms with Gasteiger partial charge in [0.2, 0.25) is 0 Å². The molecule has 9 nitrogen and oxygen atoms in total. The Balaban J connectivity index is 1.62. The molecule has 0 aromatic heterocycles. The monoisotopic (exact) mass is 504 g/mol. The number of rotatable bonds is 8. The summed E-state index contributed by atoms with van der Waals surface area (Å²) in [4.78, 5) is 36.8. The zero-order valence-electron chi connectivity index (χ0n) is 22.3. The molecule has 0 unspecified atom stereocenters. The molecular weight excluding hydrogens is 468 g/mol. The summed E-state index contributed by atoms with van der Waals surface area (Å²) in [5.41, 5.74) is 8.52. The molecule has 0 saturated carbocycles. The summed E-state index contributed by atoms with van der Waals surface area (Å²) in [6.45, 7) is 11.6. The lowest BCUT2D eigenvalue weighted by molar-refractivity contribution is -0.137. The molecular formula is C28H36N6O3. The van der Waals surface area contributed by atoms with Gasteiger partial charge in [-0.2, -0.15) is 5.10 Å². The number of carbonyl (C=O) groups excluding carboxylic acids is 3. The molecule has 0 spiro atoms. The zero-order valence-corrected chi connectivity index (χ0v) is 22.3. The highest BCUT2D eigenvalue weighted by Crippen LogP contribution is 2.26. The van der Waals surface area contributed by atoms with Gasteiger partial charge in [-0.1, -0.05) is 52.0 Å². The van der Waals surface area contributed by atoms with Gasteiger partial charge in [0.15, 0.2) is 0 Å². The molecule has 9 heteroatoms. The van der Waals surface area contributed by atoms with Crippen LogP contribution in [-0.2, 0) is 22.6 Å². The number of urea groups is 1. The number of hydrogen-bond acceptors (Lipinski definition) is 5. The van der Waals surface area contributed by atoms with Gasteiger partial charge in [-0.25, -0.2) is 9.80 Å². The number of allylic oxidation sites excluding steroid dienone is 1. The zero-order chi connectivity index (χ0) is 27.2. The number of nitrogens with zero attached hydrogens (tertiary/aromatic N) is 2. The summed E-state index contributed by atoms with van der Waals surface area (Å²) in [7, 11) is 0. The van der Waals surface area contributed by atoms with Gasteiger partial charge in [-0.05, 0) is 61.7 Å². The first-order valence-electron chi connectivity index (χ1n) is 12.3. The minimum atomic E-state index is -1.07. The van der Waals surface area contributed by atoms with Crippen molar-refractivity contribution in [1.82, 2.24) is 15.8 Å². The molecule has 0 bridgehead atoms. The quantitative estimate of drug-likeness (QED) is 0.235. The molecule has 3 rings (SSSR count). The highest BCUT2D eigenvalue weighted by molar-refractivity contribution is 6.08. The molecule has 37 heavy (non-hydrogen) atoms. The standard InChI is InChI=1S/C28H36N6O3/c1-7-19-11-13-21(14-12-19)30-26(37)29-16-15-23(27(2,3)4)32-31-22-10-8-9-20(17-22)18-34-25(36)28(5,6)24(35)33-34/h8-17,31H,7,18H2,1-6H3,(H,33,35)(H2,29,30,37)/b16-15+,32-23+. The highest BCUT2D eigenvalue weighted by atomic mass is 16.2. The van der Waals surface area contributed by atoms with Gasteiger partial charge in [-0.3, -0.25) is 20.4 Å². The fourth-order valence-electron chi connectivity index (χ4n) is 3.55. The Bertz CT molecular complexity index is 1210. The second-order valence-corrected chi connectivity index (χ2v) is 10.5. The fourth-order valence-corrected chi connectivity index (χ4v) is 3.55. The average molecular weight is 505 g/mol. The van der Waals surface area contributed by atoms with E-state index >= 15 is 0 Å². The van der Waals surface area contributed by atoms with Crippen molar-refractivity contribution in [2.75, 3.05) is 10.7 Å². The van der Waals surface area contributed by atoms with Crippen LogP contribution in [0, 0.1) is 10.8 Å². The van der Waals surface area contributed by atoms with Crippen LogP contribution in [0.15, 0.2) is 65.9 Å². The second-order valence-electron chi connectivity index (χ2n) is 10.5. The lowest BCUT2D eigenvalue weighted by Crippen LogP contribution is -2.35. The number of anilines is 2. The Morgan fingerprint density at radius 1 is 1.05 bits per heavy atom. The third-order valence-electron chi connectivity index (χ3n) is 6.00. The van der Waals surface area contributed by atoms with E-state index in [-0.39, 0.29) is 29.8 Å². The van der Waals surface area contributed by atoms with Crippen LogP contribution >= 0.6 is 0 Å².